The van der Waals surface area contributed by atoms with Gasteiger partial charge in [-0.25, -0.2) is 0 Å². The first kappa shape index (κ1) is 20.2. The number of nitrogens with one attached hydrogen (secondary N) is 1. The van der Waals surface area contributed by atoms with E-state index in [0.29, 0.717) is 0 Å². The molecule has 1 saturated heterocycles. The Bertz CT molecular complexity index is 1020. The highest BCUT2D eigenvalue weighted by Crippen LogP contribution is 2.22. The fourth-order valence-electron chi connectivity index (χ4n) is 4.55. The van der Waals surface area contributed by atoms with Crippen LogP contribution in [0.15, 0.2) is 60.7 Å². The second kappa shape index (κ2) is 8.36. The molecule has 2 aromatic carbocycles. The molecular formula is C25H30N3O2+. The van der Waals surface area contributed by atoms with Crippen LogP contribution in [-0.4, -0.2) is 47.7 Å². The van der Waals surface area contributed by atoms with Crippen LogP contribution in [0.4, 0.5) is 5.69 Å². The summed E-state index contributed by atoms with van der Waals surface area (Å²) in [7, 11) is 0. The molecule has 1 atom stereocenters. The number of hydrogen-bond acceptors (Lipinski definition) is 3. The lowest BCUT2D eigenvalue weighted by atomic mass is 10.0. The molecule has 0 radical (unpaired) electrons. The van der Waals surface area contributed by atoms with E-state index < -0.39 is 0 Å². The maximum atomic E-state index is 13.4. The number of anilines is 1. The molecule has 5 nitrogen and oxygen atoms in total. The summed E-state index contributed by atoms with van der Waals surface area (Å²) in [5.74, 6) is 0.508. The molecule has 156 valence electrons. The average molecular weight is 405 g/mol. The third-order valence-electron chi connectivity index (χ3n) is 6.34. The van der Waals surface area contributed by atoms with Gasteiger partial charge in [-0.1, -0.05) is 18.2 Å². The smallest absolute Gasteiger partial charge is 0.221 e. The van der Waals surface area contributed by atoms with Crippen LogP contribution in [0.1, 0.15) is 28.7 Å². The monoisotopic (exact) mass is 404 g/mol. The number of rotatable bonds is 5. The number of aryl methyl sites for hydroxylation is 1. The zero-order valence-electron chi connectivity index (χ0n) is 17.9. The Morgan fingerprint density at radius 1 is 0.967 bits per heavy atom. The second-order valence-corrected chi connectivity index (χ2v) is 8.20. The van der Waals surface area contributed by atoms with Crippen LogP contribution in [0.2, 0.25) is 0 Å². The SMILES string of the molecule is Cc1cc(C(=O)[C@H](C)[NH+]2CCN(c3ccc(O)cc3)CC2)c(C)n1-c1ccccc1. The molecule has 1 aliphatic heterocycles. The zero-order chi connectivity index (χ0) is 21.3. The van der Waals surface area contributed by atoms with Gasteiger partial charge in [0, 0.05) is 28.3 Å². The number of aromatic hydroxyl groups is 1. The van der Waals surface area contributed by atoms with Crippen molar-refractivity contribution >= 4 is 11.5 Å². The van der Waals surface area contributed by atoms with Gasteiger partial charge in [-0.3, -0.25) is 4.79 Å². The molecule has 3 aromatic rings. The second-order valence-electron chi connectivity index (χ2n) is 8.20. The van der Waals surface area contributed by atoms with Crippen molar-refractivity contribution in [3.05, 3.63) is 77.6 Å². The molecule has 0 unspecified atom stereocenters. The van der Waals surface area contributed by atoms with Gasteiger partial charge in [-0.15, -0.1) is 0 Å². The van der Waals surface area contributed by atoms with Crippen LogP contribution in [0.25, 0.3) is 5.69 Å². The molecule has 0 saturated carbocycles. The predicted molar refractivity (Wildman–Crippen MR) is 120 cm³/mol. The van der Waals surface area contributed by atoms with Crippen molar-refractivity contribution in [2.24, 2.45) is 0 Å². The van der Waals surface area contributed by atoms with Gasteiger partial charge in [0.15, 0.2) is 0 Å². The minimum Gasteiger partial charge on any atom is -0.508 e. The summed E-state index contributed by atoms with van der Waals surface area (Å²) in [6.07, 6.45) is 0. The average Bonchev–Trinajstić information content (AvgIpc) is 3.08. The first-order chi connectivity index (χ1) is 14.5. The first-order valence-electron chi connectivity index (χ1n) is 10.6. The Morgan fingerprint density at radius 3 is 2.23 bits per heavy atom. The number of phenolic OH excluding ortho intramolecular Hbond substituents is 1. The molecule has 1 aromatic heterocycles. The quantitative estimate of drug-likeness (QED) is 0.643. The maximum absolute atomic E-state index is 13.4. The van der Waals surface area contributed by atoms with Crippen LogP contribution in [0.5, 0.6) is 5.75 Å². The van der Waals surface area contributed by atoms with E-state index in [2.05, 4.69) is 35.4 Å². The van der Waals surface area contributed by atoms with Crippen LogP contribution < -0.4 is 9.80 Å². The van der Waals surface area contributed by atoms with Gasteiger partial charge in [0.2, 0.25) is 5.78 Å². The highest BCUT2D eigenvalue weighted by molar-refractivity contribution is 6.00. The van der Waals surface area contributed by atoms with Gasteiger partial charge in [0.1, 0.15) is 11.8 Å². The standard InChI is InChI=1S/C25H29N3O2/c1-18-17-24(19(2)28(18)22-7-5-4-6-8-22)25(30)20(3)26-13-15-27(16-14-26)21-9-11-23(29)12-10-21/h4-12,17,20,29H,13-16H2,1-3H3/p+1/t20-/m0/s1. The Balaban J connectivity index is 1.46. The number of quaternary nitrogens is 1. The largest absolute Gasteiger partial charge is 0.508 e. The molecular weight excluding hydrogens is 374 g/mol. The van der Waals surface area contributed by atoms with Gasteiger partial charge >= 0.3 is 0 Å². The maximum Gasteiger partial charge on any atom is 0.221 e. The van der Waals surface area contributed by atoms with Crippen LogP contribution >= 0.6 is 0 Å². The van der Waals surface area contributed by atoms with E-state index in [1.54, 1.807) is 12.1 Å². The molecule has 0 spiro atoms. The summed E-state index contributed by atoms with van der Waals surface area (Å²) in [6, 6.07) is 19.5. The summed E-state index contributed by atoms with van der Waals surface area (Å²) >= 11 is 0. The summed E-state index contributed by atoms with van der Waals surface area (Å²) in [4.78, 5) is 17.0. The van der Waals surface area contributed by atoms with Crippen molar-refractivity contribution in [3.8, 4) is 11.4 Å². The number of phenols is 1. The predicted octanol–water partition coefficient (Wildman–Crippen LogP) is 2.78. The van der Waals surface area contributed by atoms with Crippen LogP contribution in [0.3, 0.4) is 0 Å². The van der Waals surface area contributed by atoms with E-state index in [1.165, 1.54) is 4.90 Å². The number of nitrogens with zero attached hydrogens (tertiary/aromatic N) is 2. The number of hydrogen-bond donors (Lipinski definition) is 2. The minimum atomic E-state index is -0.0725. The molecule has 0 aliphatic carbocycles. The lowest BCUT2D eigenvalue weighted by Crippen LogP contribution is -3.18. The number of carbonyl (C=O) groups excluding carboxylic acids is 1. The third-order valence-corrected chi connectivity index (χ3v) is 6.34. The highest BCUT2D eigenvalue weighted by Gasteiger charge is 2.31. The summed E-state index contributed by atoms with van der Waals surface area (Å²) in [5.41, 5.74) is 5.14. The minimum absolute atomic E-state index is 0.0725. The summed E-state index contributed by atoms with van der Waals surface area (Å²) in [5, 5.41) is 9.49. The van der Waals surface area contributed by atoms with Crippen molar-refractivity contribution in [1.82, 2.24) is 4.57 Å². The van der Waals surface area contributed by atoms with Crippen molar-refractivity contribution in [2.75, 3.05) is 31.1 Å². The first-order valence-corrected chi connectivity index (χ1v) is 10.6. The fraction of sp³-hybridized carbons (Fsp3) is 0.320. The van der Waals surface area contributed by atoms with Crippen molar-refractivity contribution < 1.29 is 14.8 Å². The topological polar surface area (TPSA) is 49.9 Å². The number of ketones is 1. The van der Waals surface area contributed by atoms with Crippen LogP contribution in [0, 0.1) is 13.8 Å². The lowest BCUT2D eigenvalue weighted by Gasteiger charge is -2.36. The van der Waals surface area contributed by atoms with Gasteiger partial charge < -0.3 is 19.5 Å². The van der Waals surface area contributed by atoms with E-state index in [0.717, 1.165) is 54.5 Å². The number of carbonyl (C=O) groups is 1. The van der Waals surface area contributed by atoms with Crippen molar-refractivity contribution in [1.29, 1.82) is 0 Å². The number of para-hydroxylation sites is 1. The summed E-state index contributed by atoms with van der Waals surface area (Å²) in [6.45, 7) is 9.81. The van der Waals surface area contributed by atoms with E-state index in [1.807, 2.05) is 43.3 Å². The number of piperazine rings is 1. The van der Waals surface area contributed by atoms with Gasteiger partial charge in [-0.2, -0.15) is 0 Å². The molecule has 2 heterocycles. The van der Waals surface area contributed by atoms with Gasteiger partial charge in [-0.05, 0) is 63.2 Å². The lowest BCUT2D eigenvalue weighted by molar-refractivity contribution is -0.914. The number of benzene rings is 2. The third kappa shape index (κ3) is 3.85. The Morgan fingerprint density at radius 2 is 1.60 bits per heavy atom. The van der Waals surface area contributed by atoms with E-state index in [-0.39, 0.29) is 17.6 Å². The Kier molecular flexibility index (Phi) is 5.64. The normalized spacial score (nSPS) is 15.9. The van der Waals surface area contributed by atoms with Crippen LogP contribution in [-0.2, 0) is 0 Å². The number of aromatic nitrogens is 1. The van der Waals surface area contributed by atoms with E-state index in [4.69, 9.17) is 0 Å². The van der Waals surface area contributed by atoms with E-state index >= 15 is 0 Å². The molecule has 5 heteroatoms. The zero-order valence-corrected chi connectivity index (χ0v) is 17.9. The molecule has 1 aliphatic rings. The van der Waals surface area contributed by atoms with Crippen molar-refractivity contribution in [2.45, 2.75) is 26.8 Å². The van der Waals surface area contributed by atoms with Gasteiger partial charge in [0.05, 0.1) is 26.2 Å². The Labute approximate surface area is 178 Å². The molecule has 2 N–H and O–H groups in total. The molecule has 4 rings (SSSR count). The van der Waals surface area contributed by atoms with E-state index in [9.17, 15) is 9.90 Å². The van der Waals surface area contributed by atoms with Gasteiger partial charge in [0.25, 0.3) is 0 Å². The summed E-state index contributed by atoms with van der Waals surface area (Å²) < 4.78 is 2.16. The molecule has 0 amide bonds. The highest BCUT2D eigenvalue weighted by atomic mass is 16.3. The fourth-order valence-corrected chi connectivity index (χ4v) is 4.55. The Hall–Kier alpha value is -3.05. The molecule has 0 bridgehead atoms. The molecule has 30 heavy (non-hydrogen) atoms. The molecule has 1 fully saturated rings. The number of Topliss-reactive ketones (excluding diaryl/α,β-unsaturated/α-hetero) is 1. The van der Waals surface area contributed by atoms with Crippen molar-refractivity contribution in [3.63, 3.8) is 0 Å².